The quantitative estimate of drug-likeness (QED) is 0.654. The Bertz CT molecular complexity index is 1050. The van der Waals surface area contributed by atoms with Crippen LogP contribution in [0.2, 0.25) is 0 Å². The highest BCUT2D eigenvalue weighted by Gasteiger charge is 2.30. The number of benzene rings is 2. The van der Waals surface area contributed by atoms with Crippen molar-refractivity contribution in [1.29, 1.82) is 0 Å². The van der Waals surface area contributed by atoms with Gasteiger partial charge in [-0.15, -0.1) is 0 Å². The van der Waals surface area contributed by atoms with Crippen LogP contribution in [-0.4, -0.2) is 44.4 Å². The number of aryl methyl sites for hydroxylation is 1. The first kappa shape index (κ1) is 23.8. The summed E-state index contributed by atoms with van der Waals surface area (Å²) in [5, 5.41) is 2.61. The van der Waals surface area contributed by atoms with Gasteiger partial charge in [-0.05, 0) is 37.0 Å². The van der Waals surface area contributed by atoms with E-state index in [2.05, 4.69) is 10.0 Å². The molecule has 1 atom stereocenters. The molecule has 0 aliphatic heterocycles. The SMILES string of the molecule is Cc1ccccc1S(=O)(=O)NC(=O)N[C@@H](Cc1ccccc1)C(=O)N(C)C1CCCCC1.[HH].[HH]. The fourth-order valence-electron chi connectivity index (χ4n) is 4.17. The largest absolute Gasteiger partial charge is 0.341 e. The van der Waals surface area contributed by atoms with E-state index in [0.717, 1.165) is 31.2 Å². The molecule has 1 fully saturated rings. The molecule has 2 aromatic carbocycles. The summed E-state index contributed by atoms with van der Waals surface area (Å²) in [5.74, 6) is -0.218. The highest BCUT2D eigenvalue weighted by molar-refractivity contribution is 7.90. The number of hydrogen-bond donors (Lipinski definition) is 2. The summed E-state index contributed by atoms with van der Waals surface area (Å²) in [6, 6.07) is 14.1. The highest BCUT2D eigenvalue weighted by Crippen LogP contribution is 2.22. The number of carbonyl (C=O) groups is 2. The standard InChI is InChI=1S/C24H31N3O4S.2H2/c1-18-11-9-10-16-22(18)32(30,31)26-24(29)25-21(17-19-12-5-3-6-13-19)23(28)27(2)20-14-7-4-8-15-20;;/h3,5-6,9-13,16,20-21H,4,7-8,14-15,17H2,1-2H3,(H2,25,26,29);2*1H/t21-;;/m0../s1. The predicted octanol–water partition coefficient (Wildman–Crippen LogP) is 3.88. The molecule has 0 spiro atoms. The third-order valence-corrected chi connectivity index (χ3v) is 7.46. The summed E-state index contributed by atoms with van der Waals surface area (Å²) in [6.07, 6.45) is 5.47. The minimum Gasteiger partial charge on any atom is -0.341 e. The van der Waals surface area contributed by atoms with Crippen LogP contribution in [0.5, 0.6) is 0 Å². The lowest BCUT2D eigenvalue weighted by molar-refractivity contribution is -0.134. The summed E-state index contributed by atoms with van der Waals surface area (Å²) >= 11 is 0. The second kappa shape index (κ2) is 10.6. The van der Waals surface area contributed by atoms with E-state index in [-0.39, 0.29) is 26.1 Å². The van der Waals surface area contributed by atoms with Gasteiger partial charge < -0.3 is 10.2 Å². The van der Waals surface area contributed by atoms with Crippen LogP contribution >= 0.6 is 0 Å². The molecular formula is C24H35N3O4S. The van der Waals surface area contributed by atoms with Gasteiger partial charge in [0.2, 0.25) is 5.91 Å². The van der Waals surface area contributed by atoms with E-state index in [4.69, 9.17) is 0 Å². The number of urea groups is 1. The number of nitrogens with zero attached hydrogens (tertiary/aromatic N) is 1. The maximum Gasteiger partial charge on any atom is 0.329 e. The Morgan fingerprint density at radius 1 is 1.03 bits per heavy atom. The normalized spacial score (nSPS) is 15.6. The Morgan fingerprint density at radius 3 is 2.31 bits per heavy atom. The van der Waals surface area contributed by atoms with Gasteiger partial charge in [0.1, 0.15) is 6.04 Å². The summed E-state index contributed by atoms with van der Waals surface area (Å²) in [5.41, 5.74) is 1.41. The number of sulfonamides is 1. The van der Waals surface area contributed by atoms with E-state index < -0.39 is 22.1 Å². The number of nitrogens with one attached hydrogen (secondary N) is 2. The van der Waals surface area contributed by atoms with Gasteiger partial charge >= 0.3 is 6.03 Å². The number of rotatable bonds is 7. The predicted molar refractivity (Wildman–Crippen MR) is 128 cm³/mol. The number of likely N-dealkylation sites (N-methyl/N-ethyl adjacent to an activating group) is 1. The van der Waals surface area contributed by atoms with E-state index in [1.165, 1.54) is 12.5 Å². The van der Waals surface area contributed by atoms with Gasteiger partial charge in [-0.3, -0.25) is 4.79 Å². The van der Waals surface area contributed by atoms with Crippen molar-refractivity contribution in [2.24, 2.45) is 0 Å². The molecule has 0 unspecified atom stereocenters. The minimum absolute atomic E-state index is 0. The van der Waals surface area contributed by atoms with Gasteiger partial charge in [0.15, 0.2) is 0 Å². The average Bonchev–Trinajstić information content (AvgIpc) is 2.78. The third-order valence-electron chi connectivity index (χ3n) is 5.97. The van der Waals surface area contributed by atoms with Crippen molar-refractivity contribution in [1.82, 2.24) is 14.9 Å². The maximum atomic E-state index is 13.3. The third kappa shape index (κ3) is 6.09. The molecule has 0 aromatic heterocycles. The molecule has 0 radical (unpaired) electrons. The zero-order valence-corrected chi connectivity index (χ0v) is 19.4. The Balaban J connectivity index is 0.00000289. The molecule has 1 saturated carbocycles. The van der Waals surface area contributed by atoms with E-state index in [1.807, 2.05) is 30.3 Å². The van der Waals surface area contributed by atoms with Crippen molar-refractivity contribution in [3.63, 3.8) is 0 Å². The highest BCUT2D eigenvalue weighted by atomic mass is 32.2. The summed E-state index contributed by atoms with van der Waals surface area (Å²) in [6.45, 7) is 1.66. The molecular weight excluding hydrogens is 426 g/mol. The van der Waals surface area contributed by atoms with Crippen LogP contribution in [0.4, 0.5) is 4.79 Å². The van der Waals surface area contributed by atoms with Gasteiger partial charge in [-0.25, -0.2) is 17.9 Å². The maximum absolute atomic E-state index is 13.3. The zero-order valence-electron chi connectivity index (χ0n) is 18.6. The van der Waals surface area contributed by atoms with Gasteiger partial charge in [0.05, 0.1) is 4.90 Å². The average molecular weight is 462 g/mol. The Morgan fingerprint density at radius 2 is 1.66 bits per heavy atom. The van der Waals surface area contributed by atoms with Crippen molar-refractivity contribution in [2.45, 2.75) is 62.4 Å². The van der Waals surface area contributed by atoms with Crippen LogP contribution in [0.1, 0.15) is 46.1 Å². The van der Waals surface area contributed by atoms with Crippen molar-refractivity contribution in [3.05, 3.63) is 65.7 Å². The summed E-state index contributed by atoms with van der Waals surface area (Å²) in [7, 11) is -2.30. The van der Waals surface area contributed by atoms with E-state index >= 15 is 0 Å². The second-order valence-electron chi connectivity index (χ2n) is 8.33. The lowest BCUT2D eigenvalue weighted by Crippen LogP contribution is -2.54. The smallest absolute Gasteiger partial charge is 0.329 e. The van der Waals surface area contributed by atoms with E-state index in [0.29, 0.717) is 5.56 Å². The van der Waals surface area contributed by atoms with Crippen LogP contribution in [0.25, 0.3) is 0 Å². The van der Waals surface area contributed by atoms with Crippen LogP contribution in [0, 0.1) is 6.92 Å². The molecule has 2 aromatic rings. The van der Waals surface area contributed by atoms with Crippen molar-refractivity contribution in [2.75, 3.05) is 7.05 Å². The van der Waals surface area contributed by atoms with Crippen LogP contribution < -0.4 is 10.0 Å². The molecule has 2 N–H and O–H groups in total. The van der Waals surface area contributed by atoms with Crippen molar-refractivity contribution in [3.8, 4) is 0 Å². The first-order valence-electron chi connectivity index (χ1n) is 11.0. The molecule has 1 aliphatic carbocycles. The van der Waals surface area contributed by atoms with Crippen molar-refractivity contribution >= 4 is 22.0 Å². The zero-order chi connectivity index (χ0) is 23.1. The van der Waals surface area contributed by atoms with Gasteiger partial charge in [0, 0.05) is 22.4 Å². The molecule has 7 nitrogen and oxygen atoms in total. The van der Waals surface area contributed by atoms with Gasteiger partial charge in [-0.1, -0.05) is 67.8 Å². The molecule has 1 aliphatic rings. The number of carbonyl (C=O) groups excluding carboxylic acids is 2. The van der Waals surface area contributed by atoms with E-state index in [1.54, 1.807) is 37.1 Å². The first-order valence-corrected chi connectivity index (χ1v) is 12.5. The van der Waals surface area contributed by atoms with Crippen LogP contribution in [-0.2, 0) is 21.2 Å². The molecule has 3 amide bonds. The molecule has 8 heteroatoms. The molecule has 0 heterocycles. The van der Waals surface area contributed by atoms with Crippen LogP contribution in [0.15, 0.2) is 59.5 Å². The second-order valence-corrected chi connectivity index (χ2v) is 9.98. The first-order chi connectivity index (χ1) is 15.3. The van der Waals surface area contributed by atoms with Crippen molar-refractivity contribution < 1.29 is 20.9 Å². The van der Waals surface area contributed by atoms with Gasteiger partial charge in [-0.2, -0.15) is 0 Å². The molecule has 3 rings (SSSR count). The topological polar surface area (TPSA) is 95.6 Å². The Hall–Kier alpha value is -2.87. The molecule has 32 heavy (non-hydrogen) atoms. The minimum atomic E-state index is -4.06. The molecule has 0 bridgehead atoms. The fourth-order valence-corrected chi connectivity index (χ4v) is 5.33. The molecule has 176 valence electrons. The number of amides is 3. The van der Waals surface area contributed by atoms with E-state index in [9.17, 15) is 18.0 Å². The lowest BCUT2D eigenvalue weighted by atomic mass is 9.93. The van der Waals surface area contributed by atoms with Crippen LogP contribution in [0.3, 0.4) is 0 Å². The monoisotopic (exact) mass is 461 g/mol. The Labute approximate surface area is 193 Å². The van der Waals surface area contributed by atoms with Gasteiger partial charge in [0.25, 0.3) is 10.0 Å². The summed E-state index contributed by atoms with van der Waals surface area (Å²) in [4.78, 5) is 27.7. The molecule has 0 saturated heterocycles. The Kier molecular flexibility index (Phi) is 7.90. The number of hydrogen-bond acceptors (Lipinski definition) is 4. The lowest BCUT2D eigenvalue weighted by Gasteiger charge is -2.34. The summed E-state index contributed by atoms with van der Waals surface area (Å²) < 4.78 is 27.4. The fraction of sp³-hybridized carbons (Fsp3) is 0.417.